The maximum atomic E-state index is 12.1. The van der Waals surface area contributed by atoms with E-state index >= 15 is 0 Å². The molecular weight excluding hydrogens is 256 g/mol. The van der Waals surface area contributed by atoms with Gasteiger partial charge in [0.2, 0.25) is 0 Å². The van der Waals surface area contributed by atoms with Gasteiger partial charge in [0.1, 0.15) is 5.60 Å². The Morgan fingerprint density at radius 3 is 2.50 bits per heavy atom. The zero-order chi connectivity index (χ0) is 15.6. The number of nitrogens with zero attached hydrogens (tertiary/aromatic N) is 1. The van der Waals surface area contributed by atoms with Crippen molar-refractivity contribution in [2.24, 2.45) is 0 Å². The Morgan fingerprint density at radius 1 is 1.40 bits per heavy atom. The number of hydrogen-bond acceptors (Lipinski definition) is 4. The second kappa shape index (κ2) is 6.31. The van der Waals surface area contributed by atoms with Crippen LogP contribution in [0.25, 0.3) is 0 Å². The van der Waals surface area contributed by atoms with Crippen LogP contribution in [-0.2, 0) is 4.74 Å². The molecule has 0 aromatic carbocycles. The van der Waals surface area contributed by atoms with Gasteiger partial charge < -0.3 is 20.1 Å². The summed E-state index contributed by atoms with van der Waals surface area (Å²) in [5, 5.41) is 13.2. The lowest BCUT2D eigenvalue weighted by Gasteiger charge is -2.32. The third kappa shape index (κ3) is 5.29. The van der Waals surface area contributed by atoms with Crippen LogP contribution in [0.4, 0.5) is 4.79 Å². The summed E-state index contributed by atoms with van der Waals surface area (Å²) in [4.78, 5) is 13.9. The number of ether oxygens (including phenoxy) is 1. The predicted molar refractivity (Wildman–Crippen MR) is 79.7 cm³/mol. The number of rotatable bonds is 4. The van der Waals surface area contributed by atoms with Gasteiger partial charge in [0.15, 0.2) is 0 Å². The fraction of sp³-hybridized carbons (Fsp3) is 0.933. The fourth-order valence-corrected chi connectivity index (χ4v) is 2.17. The van der Waals surface area contributed by atoms with Gasteiger partial charge >= 0.3 is 6.09 Å². The third-order valence-electron chi connectivity index (χ3n) is 3.72. The first-order chi connectivity index (χ1) is 9.00. The summed E-state index contributed by atoms with van der Waals surface area (Å²) < 4.78 is 5.44. The second-order valence-corrected chi connectivity index (χ2v) is 7.25. The molecule has 1 aliphatic rings. The molecule has 1 rings (SSSR count). The molecule has 118 valence electrons. The molecule has 2 N–H and O–H groups in total. The Bertz CT molecular complexity index is 331. The highest BCUT2D eigenvalue weighted by Gasteiger charge is 2.33. The quantitative estimate of drug-likeness (QED) is 0.831. The van der Waals surface area contributed by atoms with Gasteiger partial charge in [0.05, 0.1) is 5.60 Å². The molecule has 0 aliphatic carbocycles. The van der Waals surface area contributed by atoms with Gasteiger partial charge in [0, 0.05) is 25.2 Å². The number of likely N-dealkylation sites (tertiary alicyclic amines) is 1. The minimum atomic E-state index is -0.768. The van der Waals surface area contributed by atoms with Gasteiger partial charge in [-0.05, 0) is 54.4 Å². The van der Waals surface area contributed by atoms with Crippen molar-refractivity contribution >= 4 is 6.09 Å². The van der Waals surface area contributed by atoms with Crippen molar-refractivity contribution in [3.05, 3.63) is 0 Å². The summed E-state index contributed by atoms with van der Waals surface area (Å²) in [6.07, 6.45) is 1.74. The van der Waals surface area contributed by atoms with Crippen LogP contribution in [0.2, 0.25) is 0 Å². The van der Waals surface area contributed by atoms with Crippen LogP contribution in [0.5, 0.6) is 0 Å². The molecule has 1 fully saturated rings. The van der Waals surface area contributed by atoms with Gasteiger partial charge in [-0.25, -0.2) is 4.79 Å². The monoisotopic (exact) mass is 286 g/mol. The lowest BCUT2D eigenvalue weighted by molar-refractivity contribution is 0.0198. The number of nitrogens with one attached hydrogen (secondary N) is 1. The Hall–Kier alpha value is -0.810. The summed E-state index contributed by atoms with van der Waals surface area (Å²) in [6.45, 7) is 12.6. The summed E-state index contributed by atoms with van der Waals surface area (Å²) in [7, 11) is 0. The molecule has 1 saturated heterocycles. The van der Waals surface area contributed by atoms with Gasteiger partial charge in [-0.3, -0.25) is 0 Å². The summed E-state index contributed by atoms with van der Waals surface area (Å²) in [5.74, 6) is 0. The number of aliphatic hydroxyl groups is 1. The van der Waals surface area contributed by atoms with Crippen molar-refractivity contribution in [3.8, 4) is 0 Å². The molecule has 0 aromatic rings. The number of carbonyl (C=O) groups excluding carboxylic acids is 1. The van der Waals surface area contributed by atoms with Crippen LogP contribution < -0.4 is 5.32 Å². The smallest absolute Gasteiger partial charge is 0.410 e. The summed E-state index contributed by atoms with van der Waals surface area (Å²) in [5.41, 5.74) is -1.23. The van der Waals surface area contributed by atoms with E-state index in [0.717, 1.165) is 19.4 Å². The van der Waals surface area contributed by atoms with E-state index < -0.39 is 11.2 Å². The van der Waals surface area contributed by atoms with E-state index in [-0.39, 0.29) is 18.2 Å². The van der Waals surface area contributed by atoms with E-state index in [9.17, 15) is 9.90 Å². The topological polar surface area (TPSA) is 61.8 Å². The van der Waals surface area contributed by atoms with Gasteiger partial charge in [-0.2, -0.15) is 0 Å². The molecule has 2 unspecified atom stereocenters. The molecule has 1 amide bonds. The molecule has 1 heterocycles. The van der Waals surface area contributed by atoms with Crippen molar-refractivity contribution in [2.75, 3.05) is 13.1 Å². The van der Waals surface area contributed by atoms with Crippen molar-refractivity contribution < 1.29 is 14.6 Å². The Kier molecular flexibility index (Phi) is 5.44. The molecule has 1 aliphatic heterocycles. The Morgan fingerprint density at radius 2 is 2.00 bits per heavy atom. The number of amides is 1. The van der Waals surface area contributed by atoms with Crippen LogP contribution in [0.3, 0.4) is 0 Å². The van der Waals surface area contributed by atoms with E-state index in [4.69, 9.17) is 4.74 Å². The first-order valence-electron chi connectivity index (χ1n) is 7.46. The van der Waals surface area contributed by atoms with Crippen molar-refractivity contribution in [1.82, 2.24) is 10.2 Å². The third-order valence-corrected chi connectivity index (χ3v) is 3.72. The molecule has 0 spiro atoms. The van der Waals surface area contributed by atoms with E-state index in [1.807, 2.05) is 27.7 Å². The molecule has 0 radical (unpaired) electrons. The highest BCUT2D eigenvalue weighted by Crippen LogP contribution is 2.20. The highest BCUT2D eigenvalue weighted by molar-refractivity contribution is 5.69. The number of hydrogen-bond donors (Lipinski definition) is 2. The average Bonchev–Trinajstić information content (AvgIpc) is 2.70. The molecule has 0 aromatic heterocycles. The first kappa shape index (κ1) is 17.2. The van der Waals surface area contributed by atoms with Crippen LogP contribution in [0.15, 0.2) is 0 Å². The van der Waals surface area contributed by atoms with E-state index in [1.165, 1.54) is 0 Å². The van der Waals surface area contributed by atoms with Crippen LogP contribution in [0.1, 0.15) is 54.4 Å². The predicted octanol–water partition coefficient (Wildman–Crippen LogP) is 2.13. The van der Waals surface area contributed by atoms with E-state index in [2.05, 4.69) is 5.32 Å². The largest absolute Gasteiger partial charge is 0.444 e. The molecule has 5 nitrogen and oxygen atoms in total. The zero-order valence-electron chi connectivity index (χ0n) is 13.7. The van der Waals surface area contributed by atoms with E-state index in [0.29, 0.717) is 6.54 Å². The lowest BCUT2D eigenvalue weighted by Crippen LogP contribution is -2.50. The van der Waals surface area contributed by atoms with Crippen LogP contribution in [-0.4, -0.2) is 52.5 Å². The number of carbonyl (C=O) groups is 1. The highest BCUT2D eigenvalue weighted by atomic mass is 16.6. The van der Waals surface area contributed by atoms with Crippen molar-refractivity contribution in [2.45, 2.75) is 77.7 Å². The summed E-state index contributed by atoms with van der Waals surface area (Å²) >= 11 is 0. The molecule has 0 saturated carbocycles. The maximum Gasteiger partial charge on any atom is 0.410 e. The molecule has 5 heteroatoms. The fourth-order valence-electron chi connectivity index (χ4n) is 2.17. The molecule has 20 heavy (non-hydrogen) atoms. The normalized spacial score (nSPS) is 21.9. The van der Waals surface area contributed by atoms with Gasteiger partial charge in [0.25, 0.3) is 0 Å². The van der Waals surface area contributed by atoms with E-state index in [1.54, 1.807) is 18.7 Å². The van der Waals surface area contributed by atoms with Gasteiger partial charge in [-0.15, -0.1) is 0 Å². The van der Waals surface area contributed by atoms with Crippen molar-refractivity contribution in [3.63, 3.8) is 0 Å². The molecular formula is C15H30N2O3. The van der Waals surface area contributed by atoms with Gasteiger partial charge in [-0.1, -0.05) is 0 Å². The van der Waals surface area contributed by atoms with Crippen molar-refractivity contribution in [1.29, 1.82) is 0 Å². The SMILES string of the molecule is CC(NCC1CCCN1C(=O)OC(C)(C)C)C(C)(C)O. The maximum absolute atomic E-state index is 12.1. The average molecular weight is 286 g/mol. The minimum Gasteiger partial charge on any atom is -0.444 e. The Balaban J connectivity index is 2.51. The van der Waals surface area contributed by atoms with Crippen LogP contribution in [0, 0.1) is 0 Å². The second-order valence-electron chi connectivity index (χ2n) is 7.25. The molecule has 2 atom stereocenters. The minimum absolute atomic E-state index is 0.0245. The first-order valence-corrected chi connectivity index (χ1v) is 7.46. The van der Waals surface area contributed by atoms with Crippen LogP contribution >= 0.6 is 0 Å². The molecule has 0 bridgehead atoms. The summed E-state index contributed by atoms with van der Waals surface area (Å²) in [6, 6.07) is 0.123. The standard InChI is InChI=1S/C15H30N2O3/c1-11(15(5,6)19)16-10-12-8-7-9-17(12)13(18)20-14(2,3)4/h11-12,16,19H,7-10H2,1-6H3. The lowest BCUT2D eigenvalue weighted by atomic mass is 10.0. The Labute approximate surface area is 122 Å². The zero-order valence-corrected chi connectivity index (χ0v) is 13.7.